The monoisotopic (exact) mass is 357 g/mol. The van der Waals surface area contributed by atoms with Crippen LogP contribution in [-0.4, -0.2) is 18.4 Å². The Morgan fingerprint density at radius 3 is 2.41 bits per heavy atom. The Bertz CT molecular complexity index is 986. The molecule has 134 valence electrons. The number of para-hydroxylation sites is 2. The number of fused-ring (bicyclic) bond motifs is 1. The number of nitrogens with one attached hydrogen (secondary N) is 3. The molecular weight excluding hydrogens is 338 g/mol. The van der Waals surface area contributed by atoms with Crippen LogP contribution in [0.4, 0.5) is 17.1 Å². The summed E-state index contributed by atoms with van der Waals surface area (Å²) in [5.41, 5.74) is 3.80. The number of rotatable bonds is 4. The van der Waals surface area contributed by atoms with Crippen molar-refractivity contribution >= 4 is 28.9 Å². The molecule has 0 radical (unpaired) electrons. The van der Waals surface area contributed by atoms with Gasteiger partial charge in [0.25, 0.3) is 5.91 Å². The van der Waals surface area contributed by atoms with Crippen molar-refractivity contribution in [2.45, 2.75) is 5.92 Å². The molecular formula is C22H19N3O2. The lowest BCUT2D eigenvalue weighted by Gasteiger charge is -2.12. The minimum Gasteiger partial charge on any atom is -0.384 e. The van der Waals surface area contributed by atoms with E-state index in [4.69, 9.17) is 0 Å². The Balaban J connectivity index is 1.47. The van der Waals surface area contributed by atoms with Crippen molar-refractivity contribution in [3.8, 4) is 0 Å². The van der Waals surface area contributed by atoms with Crippen LogP contribution in [0.3, 0.4) is 0 Å². The molecule has 1 atom stereocenters. The van der Waals surface area contributed by atoms with Gasteiger partial charge in [0.2, 0.25) is 5.91 Å². The van der Waals surface area contributed by atoms with Gasteiger partial charge in [-0.05, 0) is 42.0 Å². The third-order valence-electron chi connectivity index (χ3n) is 4.57. The number of hydrogen-bond donors (Lipinski definition) is 3. The highest BCUT2D eigenvalue weighted by Gasteiger charge is 2.28. The maximum atomic E-state index is 12.7. The van der Waals surface area contributed by atoms with Crippen LogP contribution in [0.15, 0.2) is 78.9 Å². The SMILES string of the molecule is O=C(Nc1ccccc1)c1cccc(NC(=O)C2CNc3ccccc32)c1. The first kappa shape index (κ1) is 16.8. The second-order valence-electron chi connectivity index (χ2n) is 6.41. The van der Waals surface area contributed by atoms with Crippen LogP contribution in [0.1, 0.15) is 21.8 Å². The van der Waals surface area contributed by atoms with E-state index >= 15 is 0 Å². The maximum absolute atomic E-state index is 12.7. The van der Waals surface area contributed by atoms with E-state index in [0.29, 0.717) is 17.8 Å². The zero-order valence-corrected chi connectivity index (χ0v) is 14.6. The molecule has 0 aliphatic carbocycles. The summed E-state index contributed by atoms with van der Waals surface area (Å²) in [7, 11) is 0. The Labute approximate surface area is 157 Å². The molecule has 0 spiro atoms. The van der Waals surface area contributed by atoms with E-state index in [1.807, 2.05) is 54.6 Å². The minimum absolute atomic E-state index is 0.0898. The van der Waals surface area contributed by atoms with E-state index in [2.05, 4.69) is 16.0 Å². The average molecular weight is 357 g/mol. The smallest absolute Gasteiger partial charge is 0.255 e. The summed E-state index contributed by atoms with van der Waals surface area (Å²) in [6, 6.07) is 24.0. The van der Waals surface area contributed by atoms with Gasteiger partial charge in [-0.15, -0.1) is 0 Å². The van der Waals surface area contributed by atoms with E-state index in [-0.39, 0.29) is 17.7 Å². The lowest BCUT2D eigenvalue weighted by Crippen LogP contribution is -2.22. The van der Waals surface area contributed by atoms with Gasteiger partial charge >= 0.3 is 0 Å². The molecule has 0 saturated carbocycles. The van der Waals surface area contributed by atoms with Crippen molar-refractivity contribution in [2.75, 3.05) is 22.5 Å². The Hall–Kier alpha value is -3.60. The molecule has 5 heteroatoms. The van der Waals surface area contributed by atoms with Crippen LogP contribution in [-0.2, 0) is 4.79 Å². The fourth-order valence-corrected chi connectivity index (χ4v) is 3.21. The summed E-state index contributed by atoms with van der Waals surface area (Å²) in [6.07, 6.45) is 0. The number of amides is 2. The van der Waals surface area contributed by atoms with E-state index in [0.717, 1.165) is 16.9 Å². The molecule has 2 amide bonds. The van der Waals surface area contributed by atoms with Crippen LogP contribution in [0.25, 0.3) is 0 Å². The summed E-state index contributed by atoms with van der Waals surface area (Å²) in [4.78, 5) is 25.1. The van der Waals surface area contributed by atoms with Crippen molar-refractivity contribution < 1.29 is 9.59 Å². The van der Waals surface area contributed by atoms with Crippen molar-refractivity contribution in [2.24, 2.45) is 0 Å². The molecule has 0 aromatic heterocycles. The molecule has 1 unspecified atom stereocenters. The summed E-state index contributed by atoms with van der Waals surface area (Å²) < 4.78 is 0. The van der Waals surface area contributed by atoms with Gasteiger partial charge in [-0.2, -0.15) is 0 Å². The van der Waals surface area contributed by atoms with Gasteiger partial charge in [0.05, 0.1) is 5.92 Å². The van der Waals surface area contributed by atoms with Gasteiger partial charge in [0.1, 0.15) is 0 Å². The van der Waals surface area contributed by atoms with Crippen LogP contribution in [0, 0.1) is 0 Å². The molecule has 1 aliphatic rings. The van der Waals surface area contributed by atoms with Gasteiger partial charge in [0, 0.05) is 29.2 Å². The zero-order valence-electron chi connectivity index (χ0n) is 14.6. The van der Waals surface area contributed by atoms with E-state index < -0.39 is 0 Å². The number of anilines is 3. The molecule has 3 aromatic rings. The van der Waals surface area contributed by atoms with Crippen LogP contribution in [0.5, 0.6) is 0 Å². The van der Waals surface area contributed by atoms with Crippen LogP contribution >= 0.6 is 0 Å². The summed E-state index contributed by atoms with van der Waals surface area (Å²) in [5.74, 6) is -0.554. The molecule has 0 bridgehead atoms. The molecule has 0 saturated heterocycles. The largest absolute Gasteiger partial charge is 0.384 e. The first-order chi connectivity index (χ1) is 13.2. The topological polar surface area (TPSA) is 70.2 Å². The van der Waals surface area contributed by atoms with Gasteiger partial charge in [0.15, 0.2) is 0 Å². The number of carbonyl (C=O) groups excluding carboxylic acids is 2. The van der Waals surface area contributed by atoms with Gasteiger partial charge in [-0.25, -0.2) is 0 Å². The molecule has 27 heavy (non-hydrogen) atoms. The molecule has 5 nitrogen and oxygen atoms in total. The van der Waals surface area contributed by atoms with E-state index in [9.17, 15) is 9.59 Å². The zero-order chi connectivity index (χ0) is 18.6. The third-order valence-corrected chi connectivity index (χ3v) is 4.57. The second kappa shape index (κ2) is 7.33. The van der Waals surface area contributed by atoms with Gasteiger partial charge in [-0.3, -0.25) is 9.59 Å². The average Bonchev–Trinajstić information content (AvgIpc) is 3.13. The normalized spacial score (nSPS) is 14.7. The molecule has 0 fully saturated rings. The Kier molecular flexibility index (Phi) is 4.58. The first-order valence-electron chi connectivity index (χ1n) is 8.81. The maximum Gasteiger partial charge on any atom is 0.255 e. The van der Waals surface area contributed by atoms with E-state index in [1.165, 1.54) is 0 Å². The fourth-order valence-electron chi connectivity index (χ4n) is 3.21. The molecule has 4 rings (SSSR count). The molecule has 3 N–H and O–H groups in total. The quantitative estimate of drug-likeness (QED) is 0.659. The van der Waals surface area contributed by atoms with Crippen molar-refractivity contribution in [1.82, 2.24) is 0 Å². The lowest BCUT2D eigenvalue weighted by molar-refractivity contribution is -0.117. The predicted molar refractivity (Wildman–Crippen MR) is 107 cm³/mol. The van der Waals surface area contributed by atoms with Crippen LogP contribution in [0.2, 0.25) is 0 Å². The van der Waals surface area contributed by atoms with Crippen molar-refractivity contribution in [1.29, 1.82) is 0 Å². The summed E-state index contributed by atoms with van der Waals surface area (Å²) in [5, 5.41) is 9.02. The number of hydrogen-bond acceptors (Lipinski definition) is 3. The van der Waals surface area contributed by atoms with Gasteiger partial charge < -0.3 is 16.0 Å². The standard InChI is InChI=1S/C22H19N3O2/c26-21(24-16-8-2-1-3-9-16)15-7-6-10-17(13-15)25-22(27)19-14-23-20-12-5-4-11-18(19)20/h1-13,19,23H,14H2,(H,24,26)(H,25,27). The highest BCUT2D eigenvalue weighted by Crippen LogP contribution is 2.31. The molecule has 1 heterocycles. The predicted octanol–water partition coefficient (Wildman–Crippen LogP) is 4.09. The lowest BCUT2D eigenvalue weighted by atomic mass is 10.0. The van der Waals surface area contributed by atoms with Gasteiger partial charge in [-0.1, -0.05) is 42.5 Å². The highest BCUT2D eigenvalue weighted by atomic mass is 16.2. The highest BCUT2D eigenvalue weighted by molar-refractivity contribution is 6.05. The Morgan fingerprint density at radius 1 is 0.815 bits per heavy atom. The van der Waals surface area contributed by atoms with E-state index in [1.54, 1.807) is 24.3 Å². The Morgan fingerprint density at radius 2 is 1.56 bits per heavy atom. The van der Waals surface area contributed by atoms with Crippen molar-refractivity contribution in [3.63, 3.8) is 0 Å². The molecule has 3 aromatic carbocycles. The minimum atomic E-state index is -0.247. The van der Waals surface area contributed by atoms with Crippen molar-refractivity contribution in [3.05, 3.63) is 90.0 Å². The second-order valence-corrected chi connectivity index (χ2v) is 6.41. The fraction of sp³-hybridized carbons (Fsp3) is 0.0909. The first-order valence-corrected chi connectivity index (χ1v) is 8.81. The summed E-state index contributed by atoms with van der Waals surface area (Å²) >= 11 is 0. The molecule has 1 aliphatic heterocycles. The number of carbonyl (C=O) groups is 2. The summed E-state index contributed by atoms with van der Waals surface area (Å²) in [6.45, 7) is 0.569. The number of benzene rings is 3. The third kappa shape index (κ3) is 3.67. The van der Waals surface area contributed by atoms with Crippen LogP contribution < -0.4 is 16.0 Å².